The van der Waals surface area contributed by atoms with Gasteiger partial charge in [0.25, 0.3) is 5.91 Å². The van der Waals surface area contributed by atoms with E-state index >= 15 is 0 Å². The molecule has 1 aliphatic rings. The number of benzene rings is 1. The van der Waals surface area contributed by atoms with Crippen LogP contribution < -0.4 is 16.4 Å². The van der Waals surface area contributed by atoms with Crippen LogP contribution in [0.1, 0.15) is 30.1 Å². The molecule has 2 amide bonds. The standard InChI is InChI=1S/C14H18FN3O2.ClH/c1-8(19)17-12-6-10(4-5-11(12)15)14(20)18-13(7-16)9-2-3-9;/h4-6,9,13H,2-3,7,16H2,1H3,(H,17,19)(H,18,20);1H. The van der Waals surface area contributed by atoms with Crippen LogP contribution in [0.2, 0.25) is 0 Å². The van der Waals surface area contributed by atoms with Crippen LogP contribution in [-0.2, 0) is 4.79 Å². The summed E-state index contributed by atoms with van der Waals surface area (Å²) in [5, 5.41) is 5.20. The Balaban J connectivity index is 0.00000220. The molecule has 116 valence electrons. The highest BCUT2D eigenvalue weighted by Crippen LogP contribution is 2.32. The summed E-state index contributed by atoms with van der Waals surface area (Å²) in [7, 11) is 0. The minimum absolute atomic E-state index is 0. The summed E-state index contributed by atoms with van der Waals surface area (Å²) in [6, 6.07) is 3.83. The Morgan fingerprint density at radius 3 is 2.62 bits per heavy atom. The third-order valence-electron chi connectivity index (χ3n) is 3.30. The smallest absolute Gasteiger partial charge is 0.251 e. The van der Waals surface area contributed by atoms with Crippen molar-refractivity contribution in [2.45, 2.75) is 25.8 Å². The molecule has 7 heteroatoms. The molecule has 1 fully saturated rings. The first-order valence-corrected chi connectivity index (χ1v) is 6.59. The van der Waals surface area contributed by atoms with Gasteiger partial charge in [0.2, 0.25) is 5.91 Å². The zero-order valence-corrected chi connectivity index (χ0v) is 12.5. The zero-order valence-electron chi connectivity index (χ0n) is 11.7. The minimum atomic E-state index is -0.575. The van der Waals surface area contributed by atoms with Crippen LogP contribution in [0, 0.1) is 11.7 Å². The molecule has 1 aliphatic carbocycles. The molecular weight excluding hydrogens is 297 g/mol. The molecular formula is C14H19ClFN3O2. The van der Waals surface area contributed by atoms with Crippen molar-refractivity contribution in [2.24, 2.45) is 11.7 Å². The molecule has 2 rings (SSSR count). The van der Waals surface area contributed by atoms with Gasteiger partial charge < -0.3 is 16.4 Å². The minimum Gasteiger partial charge on any atom is -0.348 e. The number of hydrogen-bond acceptors (Lipinski definition) is 3. The van der Waals surface area contributed by atoms with E-state index in [1.165, 1.54) is 19.1 Å². The van der Waals surface area contributed by atoms with E-state index in [9.17, 15) is 14.0 Å². The van der Waals surface area contributed by atoms with Crippen molar-refractivity contribution in [2.75, 3.05) is 11.9 Å². The van der Waals surface area contributed by atoms with Gasteiger partial charge in [0.05, 0.1) is 5.69 Å². The van der Waals surface area contributed by atoms with Gasteiger partial charge in [-0.3, -0.25) is 9.59 Å². The predicted octanol–water partition coefficient (Wildman–Crippen LogP) is 1.67. The number of halogens is 2. The topological polar surface area (TPSA) is 84.2 Å². The van der Waals surface area contributed by atoms with Crippen molar-refractivity contribution in [3.63, 3.8) is 0 Å². The van der Waals surface area contributed by atoms with Gasteiger partial charge in [-0.15, -0.1) is 12.4 Å². The average Bonchev–Trinajstić information content (AvgIpc) is 3.22. The van der Waals surface area contributed by atoms with Crippen LogP contribution >= 0.6 is 12.4 Å². The van der Waals surface area contributed by atoms with Gasteiger partial charge in [-0.25, -0.2) is 4.39 Å². The first-order valence-electron chi connectivity index (χ1n) is 6.59. The number of amides is 2. The SMILES string of the molecule is CC(=O)Nc1cc(C(=O)NC(CN)C2CC2)ccc1F.Cl. The molecule has 1 aromatic carbocycles. The summed E-state index contributed by atoms with van der Waals surface area (Å²) >= 11 is 0. The van der Waals surface area contributed by atoms with Crippen LogP contribution in [-0.4, -0.2) is 24.4 Å². The number of nitrogens with two attached hydrogens (primary N) is 1. The molecule has 1 aromatic rings. The number of hydrogen-bond donors (Lipinski definition) is 3. The van der Waals surface area contributed by atoms with Crippen molar-refractivity contribution in [3.8, 4) is 0 Å². The van der Waals surface area contributed by atoms with Gasteiger partial charge in [-0.05, 0) is 37.0 Å². The zero-order chi connectivity index (χ0) is 14.7. The Morgan fingerprint density at radius 1 is 1.43 bits per heavy atom. The van der Waals surface area contributed by atoms with Crippen LogP contribution in [0.3, 0.4) is 0 Å². The second-order valence-electron chi connectivity index (χ2n) is 5.03. The quantitative estimate of drug-likeness (QED) is 0.773. The first-order chi connectivity index (χ1) is 9.51. The van der Waals surface area contributed by atoms with Crippen molar-refractivity contribution in [1.29, 1.82) is 0 Å². The average molecular weight is 316 g/mol. The molecule has 4 N–H and O–H groups in total. The van der Waals surface area contributed by atoms with E-state index in [1.54, 1.807) is 0 Å². The molecule has 5 nitrogen and oxygen atoms in total. The van der Waals surface area contributed by atoms with E-state index in [1.807, 2.05) is 0 Å². The molecule has 0 heterocycles. The fourth-order valence-corrected chi connectivity index (χ4v) is 2.07. The first kappa shape index (κ1) is 17.4. The fraction of sp³-hybridized carbons (Fsp3) is 0.429. The molecule has 0 aromatic heterocycles. The molecule has 0 spiro atoms. The van der Waals surface area contributed by atoms with Gasteiger partial charge in [0.15, 0.2) is 0 Å². The Hall–Kier alpha value is -1.66. The van der Waals surface area contributed by atoms with Gasteiger partial charge >= 0.3 is 0 Å². The summed E-state index contributed by atoms with van der Waals surface area (Å²) < 4.78 is 13.5. The predicted molar refractivity (Wildman–Crippen MR) is 81.0 cm³/mol. The Bertz CT molecular complexity index is 535. The van der Waals surface area contributed by atoms with Gasteiger partial charge in [0, 0.05) is 25.1 Å². The Kier molecular flexibility index (Phi) is 6.11. The van der Waals surface area contributed by atoms with Crippen molar-refractivity contribution in [1.82, 2.24) is 5.32 Å². The van der Waals surface area contributed by atoms with E-state index in [2.05, 4.69) is 10.6 Å². The summed E-state index contributed by atoms with van der Waals surface area (Å²) in [6.07, 6.45) is 2.14. The normalized spacial score (nSPS) is 14.8. The molecule has 0 bridgehead atoms. The van der Waals surface area contributed by atoms with E-state index in [0.29, 0.717) is 18.0 Å². The highest BCUT2D eigenvalue weighted by molar-refractivity contribution is 5.97. The largest absolute Gasteiger partial charge is 0.348 e. The van der Waals surface area contributed by atoms with Crippen LogP contribution in [0.4, 0.5) is 10.1 Å². The lowest BCUT2D eigenvalue weighted by Gasteiger charge is -2.16. The third-order valence-corrected chi connectivity index (χ3v) is 3.30. The monoisotopic (exact) mass is 315 g/mol. The van der Waals surface area contributed by atoms with Crippen LogP contribution in [0.15, 0.2) is 18.2 Å². The summed E-state index contributed by atoms with van der Waals surface area (Å²) in [5.74, 6) is -0.827. The van der Waals surface area contributed by atoms with Gasteiger partial charge in [0.1, 0.15) is 5.82 Å². The molecule has 1 atom stereocenters. The second-order valence-corrected chi connectivity index (χ2v) is 5.03. The maximum Gasteiger partial charge on any atom is 0.251 e. The van der Waals surface area contributed by atoms with E-state index in [4.69, 9.17) is 5.73 Å². The number of anilines is 1. The third kappa shape index (κ3) is 4.68. The van der Waals surface area contributed by atoms with E-state index in [0.717, 1.165) is 18.9 Å². The lowest BCUT2D eigenvalue weighted by atomic mass is 10.1. The maximum absolute atomic E-state index is 13.5. The highest BCUT2D eigenvalue weighted by atomic mass is 35.5. The number of nitrogens with one attached hydrogen (secondary N) is 2. The van der Waals surface area contributed by atoms with Gasteiger partial charge in [-0.2, -0.15) is 0 Å². The fourth-order valence-electron chi connectivity index (χ4n) is 2.07. The lowest BCUT2D eigenvalue weighted by Crippen LogP contribution is -2.41. The Labute approximate surface area is 128 Å². The lowest BCUT2D eigenvalue weighted by molar-refractivity contribution is -0.114. The summed E-state index contributed by atoms with van der Waals surface area (Å²) in [4.78, 5) is 23.1. The molecule has 21 heavy (non-hydrogen) atoms. The van der Waals surface area contributed by atoms with Crippen molar-refractivity contribution in [3.05, 3.63) is 29.6 Å². The molecule has 1 unspecified atom stereocenters. The van der Waals surface area contributed by atoms with Crippen molar-refractivity contribution >= 4 is 29.9 Å². The molecule has 1 saturated carbocycles. The van der Waals surface area contributed by atoms with Crippen molar-refractivity contribution < 1.29 is 14.0 Å². The number of rotatable bonds is 5. The highest BCUT2D eigenvalue weighted by Gasteiger charge is 2.31. The summed E-state index contributed by atoms with van der Waals surface area (Å²) in [6.45, 7) is 1.67. The molecule has 0 radical (unpaired) electrons. The van der Waals surface area contributed by atoms with Gasteiger partial charge in [-0.1, -0.05) is 0 Å². The Morgan fingerprint density at radius 2 is 2.10 bits per heavy atom. The molecule has 0 aliphatic heterocycles. The van der Waals surface area contributed by atoms with E-state index in [-0.39, 0.29) is 36.0 Å². The second kappa shape index (κ2) is 7.38. The van der Waals surface area contributed by atoms with Crippen LogP contribution in [0.5, 0.6) is 0 Å². The molecule has 0 saturated heterocycles. The van der Waals surface area contributed by atoms with Crippen LogP contribution in [0.25, 0.3) is 0 Å². The number of carbonyl (C=O) groups is 2. The maximum atomic E-state index is 13.5. The summed E-state index contributed by atoms with van der Waals surface area (Å²) in [5.41, 5.74) is 5.93. The van der Waals surface area contributed by atoms with E-state index < -0.39 is 5.82 Å². The number of carbonyl (C=O) groups excluding carboxylic acids is 2.